The highest BCUT2D eigenvalue weighted by atomic mass is 33.1. The van der Waals surface area contributed by atoms with E-state index in [-0.39, 0.29) is 0 Å². The molecule has 8 nitrogen and oxygen atoms in total. The normalized spacial score (nSPS) is 11.2. The lowest BCUT2D eigenvalue weighted by Gasteiger charge is -2.09. The van der Waals surface area contributed by atoms with Crippen molar-refractivity contribution in [1.29, 1.82) is 0 Å². The molecule has 36 heavy (non-hydrogen) atoms. The zero-order valence-corrected chi connectivity index (χ0v) is 20.8. The predicted octanol–water partition coefficient (Wildman–Crippen LogP) is 6.11. The van der Waals surface area contributed by atoms with Crippen molar-refractivity contribution in [1.82, 2.24) is 30.0 Å². The van der Waals surface area contributed by atoms with Gasteiger partial charge in [0.1, 0.15) is 24.4 Å². The Bertz CT molecular complexity index is 1470. The molecule has 0 aliphatic heterocycles. The fourth-order valence-electron chi connectivity index (χ4n) is 3.75. The summed E-state index contributed by atoms with van der Waals surface area (Å²) in [6, 6.07) is 32.7. The molecule has 6 aromatic rings. The van der Waals surface area contributed by atoms with Crippen LogP contribution in [-0.4, -0.2) is 30.0 Å². The van der Waals surface area contributed by atoms with Crippen molar-refractivity contribution in [2.24, 2.45) is 0 Å². The first-order valence-electron chi connectivity index (χ1n) is 11.4. The largest absolute Gasteiger partial charge is 0.366 e. The first-order valence-corrected chi connectivity index (χ1v) is 13.6. The van der Waals surface area contributed by atoms with Crippen LogP contribution in [0.4, 0.5) is 11.4 Å². The van der Waals surface area contributed by atoms with Gasteiger partial charge in [-0.2, -0.15) is 0 Å². The average molecular weight is 511 g/mol. The maximum atomic E-state index is 4.22. The second-order valence-corrected chi connectivity index (χ2v) is 10.3. The van der Waals surface area contributed by atoms with Crippen molar-refractivity contribution in [3.8, 4) is 0 Å². The fourth-order valence-corrected chi connectivity index (χ4v) is 5.68. The Morgan fingerprint density at radius 3 is 1.39 bits per heavy atom. The minimum Gasteiger partial charge on any atom is -0.366 e. The van der Waals surface area contributed by atoms with E-state index in [9.17, 15) is 0 Å². The molecule has 0 radical (unpaired) electrons. The van der Waals surface area contributed by atoms with Gasteiger partial charge in [-0.1, -0.05) is 56.3 Å². The van der Waals surface area contributed by atoms with Crippen LogP contribution in [0.1, 0.15) is 0 Å². The summed E-state index contributed by atoms with van der Waals surface area (Å²) in [4.78, 5) is 2.38. The van der Waals surface area contributed by atoms with Gasteiger partial charge in [0.2, 0.25) is 0 Å². The lowest BCUT2D eigenvalue weighted by molar-refractivity contribution is 0.655. The first-order chi connectivity index (χ1) is 17.8. The molecule has 2 aromatic heterocycles. The molecule has 2 heterocycles. The van der Waals surface area contributed by atoms with Gasteiger partial charge in [0.05, 0.1) is 11.0 Å². The molecule has 0 saturated carbocycles. The number of para-hydroxylation sites is 2. The van der Waals surface area contributed by atoms with Crippen LogP contribution in [0.15, 0.2) is 107 Å². The van der Waals surface area contributed by atoms with E-state index >= 15 is 0 Å². The van der Waals surface area contributed by atoms with Gasteiger partial charge in [0, 0.05) is 21.2 Å². The minimum atomic E-state index is 0.565. The molecule has 6 rings (SSSR count). The summed E-state index contributed by atoms with van der Waals surface area (Å²) >= 11 is 0. The zero-order chi connectivity index (χ0) is 24.2. The summed E-state index contributed by atoms with van der Waals surface area (Å²) < 4.78 is 3.72. The van der Waals surface area contributed by atoms with Crippen LogP contribution in [0.3, 0.4) is 0 Å². The number of nitrogens with one attached hydrogen (secondary N) is 2. The zero-order valence-electron chi connectivity index (χ0n) is 19.2. The van der Waals surface area contributed by atoms with Crippen LogP contribution in [0.25, 0.3) is 22.1 Å². The third kappa shape index (κ3) is 5.00. The van der Waals surface area contributed by atoms with Crippen LogP contribution < -0.4 is 10.6 Å². The van der Waals surface area contributed by atoms with E-state index < -0.39 is 0 Å². The lowest BCUT2D eigenvalue weighted by Crippen LogP contribution is -2.09. The third-order valence-corrected chi connectivity index (χ3v) is 8.07. The van der Waals surface area contributed by atoms with E-state index in [0.717, 1.165) is 33.4 Å². The summed E-state index contributed by atoms with van der Waals surface area (Å²) in [6.45, 7) is 1.13. The molecule has 4 aromatic carbocycles. The van der Waals surface area contributed by atoms with Crippen LogP contribution >= 0.6 is 21.6 Å². The molecule has 2 N–H and O–H groups in total. The smallest absolute Gasteiger partial charge is 0.113 e. The first kappa shape index (κ1) is 22.4. The second-order valence-electron chi connectivity index (χ2n) is 8.04. The molecule has 0 fully saturated rings. The van der Waals surface area contributed by atoms with E-state index in [0.29, 0.717) is 13.3 Å². The number of aromatic nitrogens is 6. The monoisotopic (exact) mass is 510 g/mol. The van der Waals surface area contributed by atoms with E-state index in [1.807, 2.05) is 57.9 Å². The number of hydrogen-bond acceptors (Lipinski definition) is 8. The van der Waals surface area contributed by atoms with Crippen LogP contribution in [0.5, 0.6) is 0 Å². The number of anilines is 2. The Kier molecular flexibility index (Phi) is 6.43. The Hall–Kier alpha value is -4.02. The van der Waals surface area contributed by atoms with Crippen LogP contribution in [0, 0.1) is 0 Å². The van der Waals surface area contributed by atoms with Gasteiger partial charge in [0.25, 0.3) is 0 Å². The second kappa shape index (κ2) is 10.3. The van der Waals surface area contributed by atoms with Gasteiger partial charge in [-0.15, -0.1) is 10.2 Å². The molecular weight excluding hydrogens is 488 g/mol. The van der Waals surface area contributed by atoms with Crippen molar-refractivity contribution in [3.63, 3.8) is 0 Å². The summed E-state index contributed by atoms with van der Waals surface area (Å²) in [7, 11) is 3.47. The van der Waals surface area contributed by atoms with Crippen LogP contribution in [-0.2, 0) is 13.3 Å². The summed E-state index contributed by atoms with van der Waals surface area (Å²) in [5, 5.41) is 23.6. The Morgan fingerprint density at radius 2 is 0.944 bits per heavy atom. The minimum absolute atomic E-state index is 0.565. The maximum Gasteiger partial charge on any atom is 0.113 e. The van der Waals surface area contributed by atoms with E-state index in [1.165, 1.54) is 9.79 Å². The molecule has 0 aliphatic rings. The molecule has 0 unspecified atom stereocenters. The SMILES string of the molecule is c1ccc2c(c1)nnn2CNc1ccc(SSc2ccc(NCn3nnc4ccccc43)cc2)cc1. The predicted molar refractivity (Wildman–Crippen MR) is 147 cm³/mol. The number of hydrogen-bond donors (Lipinski definition) is 2. The van der Waals surface area contributed by atoms with Gasteiger partial charge in [-0.05, 0) is 72.8 Å². The molecule has 0 atom stereocenters. The average Bonchev–Trinajstić information content (AvgIpc) is 3.55. The number of benzene rings is 4. The van der Waals surface area contributed by atoms with Gasteiger partial charge in [-0.25, -0.2) is 9.36 Å². The number of nitrogens with zero attached hydrogens (tertiary/aromatic N) is 6. The summed E-state index contributed by atoms with van der Waals surface area (Å²) in [5.74, 6) is 0. The topological polar surface area (TPSA) is 85.5 Å². The molecule has 0 amide bonds. The number of fused-ring (bicyclic) bond motifs is 2. The van der Waals surface area contributed by atoms with E-state index in [4.69, 9.17) is 0 Å². The molecule has 10 heteroatoms. The molecule has 178 valence electrons. The molecule has 0 bridgehead atoms. The molecule has 0 aliphatic carbocycles. The molecular formula is C26H22N8S2. The maximum absolute atomic E-state index is 4.22. The van der Waals surface area contributed by atoms with Crippen LogP contribution in [0.2, 0.25) is 0 Å². The quantitative estimate of drug-likeness (QED) is 0.225. The Morgan fingerprint density at radius 1 is 0.528 bits per heavy atom. The van der Waals surface area contributed by atoms with Gasteiger partial charge in [0.15, 0.2) is 0 Å². The highest BCUT2D eigenvalue weighted by Crippen LogP contribution is 2.38. The van der Waals surface area contributed by atoms with Gasteiger partial charge >= 0.3 is 0 Å². The van der Waals surface area contributed by atoms with E-state index in [1.54, 1.807) is 21.6 Å². The highest BCUT2D eigenvalue weighted by molar-refractivity contribution is 8.76. The third-order valence-electron chi connectivity index (χ3n) is 5.65. The van der Waals surface area contributed by atoms with Crippen molar-refractivity contribution in [2.45, 2.75) is 23.1 Å². The van der Waals surface area contributed by atoms with Crippen molar-refractivity contribution in [3.05, 3.63) is 97.1 Å². The van der Waals surface area contributed by atoms with Gasteiger partial charge in [-0.3, -0.25) is 0 Å². The Balaban J connectivity index is 0.993. The Labute approximate surface area is 215 Å². The van der Waals surface area contributed by atoms with Gasteiger partial charge < -0.3 is 10.6 Å². The van der Waals surface area contributed by atoms with E-state index in [2.05, 4.69) is 79.8 Å². The molecule has 0 saturated heterocycles. The van der Waals surface area contributed by atoms with Crippen molar-refractivity contribution in [2.75, 3.05) is 10.6 Å². The fraction of sp³-hybridized carbons (Fsp3) is 0.0769. The summed E-state index contributed by atoms with van der Waals surface area (Å²) in [6.07, 6.45) is 0. The van der Waals surface area contributed by atoms with Crippen molar-refractivity contribution < 1.29 is 0 Å². The number of rotatable bonds is 9. The summed E-state index contributed by atoms with van der Waals surface area (Å²) in [5.41, 5.74) is 5.91. The molecule has 0 spiro atoms. The standard InChI is InChI=1S/C26H22N8S2/c1-3-7-25-23(5-1)29-31-33(25)17-27-19-9-13-21(14-10-19)35-36-22-15-11-20(12-16-22)28-18-34-26-8-4-2-6-24(26)30-32-34/h1-16,27-28H,17-18H2. The van der Waals surface area contributed by atoms with Crippen molar-refractivity contribution >= 4 is 55.0 Å². The highest BCUT2D eigenvalue weighted by Gasteiger charge is 2.05. The lowest BCUT2D eigenvalue weighted by atomic mass is 10.3.